The van der Waals surface area contributed by atoms with Gasteiger partial charge in [-0.1, -0.05) is 58.4 Å². The van der Waals surface area contributed by atoms with Gasteiger partial charge in [-0.05, 0) is 62.4 Å². The van der Waals surface area contributed by atoms with Gasteiger partial charge in [0.05, 0.1) is 6.61 Å². The second kappa shape index (κ2) is 8.83. The zero-order chi connectivity index (χ0) is 18.5. The van der Waals surface area contributed by atoms with Crippen LogP contribution in [0.1, 0.15) is 37.4 Å². The Balaban J connectivity index is 1.81. The highest BCUT2D eigenvalue weighted by molar-refractivity contribution is 9.10. The lowest BCUT2D eigenvalue weighted by atomic mass is 9.92. The number of likely N-dealkylation sites (tertiary alicyclic amines) is 1. The average molecular weight is 416 g/mol. The van der Waals surface area contributed by atoms with Crippen molar-refractivity contribution < 1.29 is 9.53 Å². The van der Waals surface area contributed by atoms with Gasteiger partial charge < -0.3 is 4.74 Å². The SMILES string of the molecule is CCOC(=O)[C@H]1[C@@H](Cc2ccc(Br)cc2)CCN1[C@H](C)c1ccccc1. The first-order chi connectivity index (χ1) is 12.6. The molecule has 2 aromatic rings. The molecule has 138 valence electrons. The molecule has 0 aromatic heterocycles. The number of carbonyl (C=O) groups is 1. The molecule has 0 spiro atoms. The second-order valence-corrected chi connectivity index (χ2v) is 7.82. The van der Waals surface area contributed by atoms with Crippen LogP contribution in [-0.2, 0) is 16.0 Å². The number of nitrogens with zero attached hydrogens (tertiary/aromatic N) is 1. The van der Waals surface area contributed by atoms with E-state index in [9.17, 15) is 4.79 Å². The predicted molar refractivity (Wildman–Crippen MR) is 108 cm³/mol. The van der Waals surface area contributed by atoms with E-state index in [-0.39, 0.29) is 24.0 Å². The molecule has 2 aromatic carbocycles. The van der Waals surface area contributed by atoms with Gasteiger partial charge in [0.25, 0.3) is 0 Å². The van der Waals surface area contributed by atoms with Crippen LogP contribution in [-0.4, -0.2) is 30.1 Å². The standard InChI is InChI=1S/C22H26BrNO2/c1-3-26-22(25)21-19(15-17-9-11-20(23)12-10-17)13-14-24(21)16(2)18-7-5-4-6-8-18/h4-12,16,19,21H,3,13-15H2,1-2H3/t16-,19-,21-/m1/s1. The zero-order valence-electron chi connectivity index (χ0n) is 15.4. The van der Waals surface area contributed by atoms with Crippen molar-refractivity contribution in [1.82, 2.24) is 4.90 Å². The first kappa shape index (κ1) is 19.1. The molecule has 0 bridgehead atoms. The van der Waals surface area contributed by atoms with Crippen LogP contribution in [0.3, 0.4) is 0 Å². The van der Waals surface area contributed by atoms with Gasteiger partial charge in [-0.2, -0.15) is 0 Å². The Bertz CT molecular complexity index is 717. The molecule has 0 N–H and O–H groups in total. The molecular weight excluding hydrogens is 390 g/mol. The summed E-state index contributed by atoms with van der Waals surface area (Å²) in [6, 6.07) is 18.8. The van der Waals surface area contributed by atoms with E-state index in [4.69, 9.17) is 4.74 Å². The molecule has 1 aliphatic heterocycles. The quantitative estimate of drug-likeness (QED) is 0.621. The molecule has 1 heterocycles. The maximum absolute atomic E-state index is 12.8. The van der Waals surface area contributed by atoms with Crippen molar-refractivity contribution >= 4 is 21.9 Å². The third kappa shape index (κ3) is 4.36. The zero-order valence-corrected chi connectivity index (χ0v) is 17.0. The first-order valence-corrected chi connectivity index (χ1v) is 10.1. The number of carbonyl (C=O) groups excluding carboxylic acids is 1. The molecule has 3 nitrogen and oxygen atoms in total. The van der Waals surface area contributed by atoms with Crippen molar-refractivity contribution in [1.29, 1.82) is 0 Å². The average Bonchev–Trinajstić information content (AvgIpc) is 3.07. The van der Waals surface area contributed by atoms with Crippen molar-refractivity contribution in [3.8, 4) is 0 Å². The number of benzene rings is 2. The van der Waals surface area contributed by atoms with E-state index in [1.54, 1.807) is 0 Å². The summed E-state index contributed by atoms with van der Waals surface area (Å²) in [5.41, 5.74) is 2.51. The van der Waals surface area contributed by atoms with Gasteiger partial charge in [0.15, 0.2) is 0 Å². The van der Waals surface area contributed by atoms with Crippen LogP contribution in [0.4, 0.5) is 0 Å². The third-order valence-corrected chi connectivity index (χ3v) is 5.81. The van der Waals surface area contributed by atoms with Gasteiger partial charge in [0.2, 0.25) is 0 Å². The van der Waals surface area contributed by atoms with Crippen LogP contribution in [0.2, 0.25) is 0 Å². The topological polar surface area (TPSA) is 29.5 Å². The third-order valence-electron chi connectivity index (χ3n) is 5.28. The summed E-state index contributed by atoms with van der Waals surface area (Å²) in [4.78, 5) is 15.1. The smallest absolute Gasteiger partial charge is 0.323 e. The highest BCUT2D eigenvalue weighted by Crippen LogP contribution is 2.35. The molecule has 0 aliphatic carbocycles. The number of ether oxygens (including phenoxy) is 1. The number of halogens is 1. The fourth-order valence-electron chi connectivity index (χ4n) is 3.93. The largest absolute Gasteiger partial charge is 0.465 e. The highest BCUT2D eigenvalue weighted by atomic mass is 79.9. The van der Waals surface area contributed by atoms with Crippen LogP contribution in [0.15, 0.2) is 59.1 Å². The van der Waals surface area contributed by atoms with Gasteiger partial charge in [-0.15, -0.1) is 0 Å². The van der Waals surface area contributed by atoms with Crippen LogP contribution in [0, 0.1) is 5.92 Å². The van der Waals surface area contributed by atoms with Crippen molar-refractivity contribution in [2.75, 3.05) is 13.2 Å². The monoisotopic (exact) mass is 415 g/mol. The van der Waals surface area contributed by atoms with Crippen LogP contribution in [0.5, 0.6) is 0 Å². The number of esters is 1. The molecule has 0 amide bonds. The van der Waals surface area contributed by atoms with Crippen molar-refractivity contribution in [2.45, 2.75) is 38.8 Å². The molecule has 3 atom stereocenters. The van der Waals surface area contributed by atoms with Gasteiger partial charge in [0, 0.05) is 10.5 Å². The minimum absolute atomic E-state index is 0.0881. The Morgan fingerprint density at radius 2 is 1.88 bits per heavy atom. The van der Waals surface area contributed by atoms with Crippen LogP contribution >= 0.6 is 15.9 Å². The second-order valence-electron chi connectivity index (χ2n) is 6.90. The summed E-state index contributed by atoms with van der Waals surface area (Å²) in [5, 5.41) is 0. The number of hydrogen-bond donors (Lipinski definition) is 0. The molecule has 1 aliphatic rings. The Labute approximate surface area is 164 Å². The maximum Gasteiger partial charge on any atom is 0.323 e. The molecule has 4 heteroatoms. The Morgan fingerprint density at radius 1 is 1.19 bits per heavy atom. The van der Waals surface area contributed by atoms with E-state index in [0.29, 0.717) is 6.61 Å². The van der Waals surface area contributed by atoms with Gasteiger partial charge in [-0.3, -0.25) is 9.69 Å². The summed E-state index contributed by atoms with van der Waals surface area (Å²) in [7, 11) is 0. The number of rotatable bonds is 6. The van der Waals surface area contributed by atoms with Gasteiger partial charge in [0.1, 0.15) is 6.04 Å². The van der Waals surface area contributed by atoms with Gasteiger partial charge in [-0.25, -0.2) is 0 Å². The molecule has 0 saturated carbocycles. The summed E-state index contributed by atoms with van der Waals surface area (Å²) < 4.78 is 6.52. The van der Waals surface area contributed by atoms with Crippen molar-refractivity contribution in [3.63, 3.8) is 0 Å². The highest BCUT2D eigenvalue weighted by Gasteiger charge is 2.42. The fraction of sp³-hybridized carbons (Fsp3) is 0.409. The molecule has 0 radical (unpaired) electrons. The minimum Gasteiger partial charge on any atom is -0.465 e. The molecular formula is C22H26BrNO2. The van der Waals surface area contributed by atoms with E-state index >= 15 is 0 Å². The van der Waals surface area contributed by atoms with E-state index in [1.165, 1.54) is 11.1 Å². The van der Waals surface area contributed by atoms with Gasteiger partial charge >= 0.3 is 5.97 Å². The Hall–Kier alpha value is -1.65. The Morgan fingerprint density at radius 3 is 2.54 bits per heavy atom. The minimum atomic E-state index is -0.186. The van der Waals surface area contributed by atoms with E-state index in [0.717, 1.165) is 23.9 Å². The lowest BCUT2D eigenvalue weighted by molar-refractivity contribution is -0.150. The summed E-state index contributed by atoms with van der Waals surface area (Å²) in [5.74, 6) is 0.191. The molecule has 1 saturated heterocycles. The molecule has 26 heavy (non-hydrogen) atoms. The van der Waals surface area contributed by atoms with E-state index < -0.39 is 0 Å². The fourth-order valence-corrected chi connectivity index (χ4v) is 4.20. The summed E-state index contributed by atoms with van der Waals surface area (Å²) in [6.45, 7) is 5.40. The summed E-state index contributed by atoms with van der Waals surface area (Å²) in [6.07, 6.45) is 1.91. The van der Waals surface area contributed by atoms with Crippen molar-refractivity contribution in [3.05, 3.63) is 70.2 Å². The Kier molecular flexibility index (Phi) is 6.49. The first-order valence-electron chi connectivity index (χ1n) is 9.32. The maximum atomic E-state index is 12.8. The molecule has 1 fully saturated rings. The van der Waals surface area contributed by atoms with E-state index in [2.05, 4.69) is 76.3 Å². The molecule has 3 rings (SSSR count). The molecule has 0 unspecified atom stereocenters. The summed E-state index contributed by atoms with van der Waals surface area (Å²) >= 11 is 3.49. The van der Waals surface area contributed by atoms with Crippen LogP contribution < -0.4 is 0 Å². The lowest BCUT2D eigenvalue weighted by Crippen LogP contribution is -2.42. The van der Waals surface area contributed by atoms with Crippen molar-refractivity contribution in [2.24, 2.45) is 5.92 Å². The predicted octanol–water partition coefficient (Wildman–Crippen LogP) is 5.01. The lowest BCUT2D eigenvalue weighted by Gasteiger charge is -2.31. The number of hydrogen-bond acceptors (Lipinski definition) is 3. The van der Waals surface area contributed by atoms with E-state index in [1.807, 2.05) is 13.0 Å². The van der Waals surface area contributed by atoms with Crippen LogP contribution in [0.25, 0.3) is 0 Å². The normalized spacial score (nSPS) is 21.5.